The Morgan fingerprint density at radius 1 is 0.963 bits per heavy atom. The van der Waals surface area contributed by atoms with Crippen molar-refractivity contribution >= 4 is 16.7 Å². The molecular weight excluding hydrogens is 351 g/mol. The van der Waals surface area contributed by atoms with Crippen molar-refractivity contribution in [3.05, 3.63) is 65.4 Å². The van der Waals surface area contributed by atoms with Gasteiger partial charge in [0.1, 0.15) is 0 Å². The Hall–Kier alpha value is -2.69. The third-order valence-corrected chi connectivity index (χ3v) is 4.58. The van der Waals surface area contributed by atoms with E-state index >= 15 is 0 Å². The average Bonchev–Trinajstić information content (AvgIpc) is 2.58. The van der Waals surface area contributed by atoms with Crippen LogP contribution in [0.25, 0.3) is 22.0 Å². The van der Waals surface area contributed by atoms with Crippen LogP contribution in [0, 0.1) is 6.92 Å². The molecule has 0 bridgehead atoms. The quantitative estimate of drug-likeness (QED) is 0.498. The molecule has 3 aromatic rings. The van der Waals surface area contributed by atoms with E-state index in [0.29, 0.717) is 16.5 Å². The number of pyridine rings is 1. The van der Waals surface area contributed by atoms with Crippen molar-refractivity contribution in [3.8, 4) is 11.1 Å². The Bertz CT molecular complexity index is 1020. The Labute approximate surface area is 156 Å². The van der Waals surface area contributed by atoms with E-state index in [-0.39, 0.29) is 22.2 Å². The maximum Gasteiger partial charge on any atom is 0.454 e. The fraction of sp³-hybridized carbons (Fsp3) is 0.273. The van der Waals surface area contributed by atoms with E-state index in [1.165, 1.54) is 6.92 Å². The summed E-state index contributed by atoms with van der Waals surface area (Å²) in [5, 5.41) is 0.548. The number of fused-ring (bicyclic) bond motifs is 1. The molecule has 140 valence electrons. The number of rotatable bonds is 2. The van der Waals surface area contributed by atoms with E-state index < -0.39 is 12.0 Å². The maximum atomic E-state index is 13.3. The highest BCUT2D eigenvalue weighted by Crippen LogP contribution is 2.38. The monoisotopic (exact) mass is 371 g/mol. The smallest absolute Gasteiger partial charge is 0.284 e. The summed E-state index contributed by atoms with van der Waals surface area (Å²) in [4.78, 5) is 16.5. The standard InChI is InChI=1S/C22H20F3NO/c1-13-18(20(27)22(23,24)25)19(14-8-6-5-7-9-14)16-12-15(21(2,3)4)10-11-17(16)26-13/h5-12H,1-4H3. The topological polar surface area (TPSA) is 30.0 Å². The number of aromatic nitrogens is 1. The van der Waals surface area contributed by atoms with Gasteiger partial charge in [0.2, 0.25) is 0 Å². The molecule has 0 saturated carbocycles. The number of halogens is 3. The van der Waals surface area contributed by atoms with Crippen LogP contribution in [0.2, 0.25) is 0 Å². The van der Waals surface area contributed by atoms with E-state index in [9.17, 15) is 18.0 Å². The lowest BCUT2D eigenvalue weighted by Gasteiger charge is -2.21. The molecule has 0 unspecified atom stereocenters. The van der Waals surface area contributed by atoms with Crippen LogP contribution in [0.15, 0.2) is 48.5 Å². The number of hydrogen-bond donors (Lipinski definition) is 0. The highest BCUT2D eigenvalue weighted by Gasteiger charge is 2.42. The van der Waals surface area contributed by atoms with Gasteiger partial charge in [-0.15, -0.1) is 0 Å². The molecule has 5 heteroatoms. The van der Waals surface area contributed by atoms with E-state index in [1.807, 2.05) is 32.9 Å². The summed E-state index contributed by atoms with van der Waals surface area (Å²) in [6.45, 7) is 7.53. The fourth-order valence-electron chi connectivity index (χ4n) is 3.18. The molecule has 0 saturated heterocycles. The number of carbonyl (C=O) groups excluding carboxylic acids is 1. The second-order valence-corrected chi connectivity index (χ2v) is 7.62. The average molecular weight is 371 g/mol. The minimum atomic E-state index is -4.97. The van der Waals surface area contributed by atoms with Crippen LogP contribution in [0.5, 0.6) is 0 Å². The van der Waals surface area contributed by atoms with Gasteiger partial charge in [0.25, 0.3) is 5.78 Å². The van der Waals surface area contributed by atoms with Crippen molar-refractivity contribution in [2.24, 2.45) is 0 Å². The van der Waals surface area contributed by atoms with Gasteiger partial charge in [-0.25, -0.2) is 0 Å². The Morgan fingerprint density at radius 3 is 2.15 bits per heavy atom. The van der Waals surface area contributed by atoms with E-state index in [4.69, 9.17) is 0 Å². The van der Waals surface area contributed by atoms with E-state index in [1.54, 1.807) is 36.4 Å². The molecule has 2 nitrogen and oxygen atoms in total. The van der Waals surface area contributed by atoms with Crippen molar-refractivity contribution < 1.29 is 18.0 Å². The zero-order chi connectivity index (χ0) is 20.0. The van der Waals surface area contributed by atoms with Gasteiger partial charge in [0, 0.05) is 16.6 Å². The largest absolute Gasteiger partial charge is 0.454 e. The van der Waals surface area contributed by atoms with Crippen LogP contribution in [0.3, 0.4) is 0 Å². The first-order chi connectivity index (χ1) is 12.5. The molecule has 1 heterocycles. The second kappa shape index (κ2) is 6.48. The minimum absolute atomic E-state index is 0.0761. The van der Waals surface area contributed by atoms with Gasteiger partial charge in [-0.1, -0.05) is 57.2 Å². The molecule has 0 spiro atoms. The second-order valence-electron chi connectivity index (χ2n) is 7.62. The van der Waals surface area contributed by atoms with Crippen molar-refractivity contribution in [3.63, 3.8) is 0 Å². The van der Waals surface area contributed by atoms with Crippen molar-refractivity contribution in [1.29, 1.82) is 0 Å². The van der Waals surface area contributed by atoms with Crippen LogP contribution < -0.4 is 0 Å². The van der Waals surface area contributed by atoms with Crippen molar-refractivity contribution in [2.75, 3.05) is 0 Å². The minimum Gasteiger partial charge on any atom is -0.284 e. The summed E-state index contributed by atoms with van der Waals surface area (Å²) in [6, 6.07) is 14.3. The molecule has 0 aliphatic rings. The first-order valence-electron chi connectivity index (χ1n) is 8.62. The molecule has 0 aliphatic heterocycles. The van der Waals surface area contributed by atoms with Crippen LogP contribution >= 0.6 is 0 Å². The lowest BCUT2D eigenvalue weighted by atomic mass is 9.84. The van der Waals surface area contributed by atoms with Crippen LogP contribution in [-0.4, -0.2) is 16.9 Å². The van der Waals surface area contributed by atoms with Gasteiger partial charge in [0.05, 0.1) is 11.1 Å². The summed E-state index contributed by atoms with van der Waals surface area (Å²) in [5.74, 6) is -1.87. The first kappa shape index (κ1) is 19.1. The molecule has 3 rings (SSSR count). The van der Waals surface area contributed by atoms with E-state index in [0.717, 1.165) is 5.56 Å². The number of nitrogens with zero attached hydrogens (tertiary/aromatic N) is 1. The van der Waals surface area contributed by atoms with E-state index in [2.05, 4.69) is 4.98 Å². The third kappa shape index (κ3) is 3.59. The number of alkyl halides is 3. The van der Waals surface area contributed by atoms with Gasteiger partial charge in [-0.05, 0) is 35.6 Å². The zero-order valence-corrected chi connectivity index (χ0v) is 15.6. The normalized spacial score (nSPS) is 12.4. The SMILES string of the molecule is Cc1nc2ccc(C(C)(C)C)cc2c(-c2ccccc2)c1C(=O)C(F)(F)F. The van der Waals surface area contributed by atoms with Crippen molar-refractivity contribution in [2.45, 2.75) is 39.3 Å². The highest BCUT2D eigenvalue weighted by molar-refractivity contribution is 6.12. The van der Waals surface area contributed by atoms with Crippen molar-refractivity contribution in [1.82, 2.24) is 4.98 Å². The fourth-order valence-corrected chi connectivity index (χ4v) is 3.18. The number of benzene rings is 2. The summed E-state index contributed by atoms with van der Waals surface area (Å²) < 4.78 is 39.9. The lowest BCUT2D eigenvalue weighted by Crippen LogP contribution is -2.25. The number of ketones is 1. The first-order valence-corrected chi connectivity index (χ1v) is 8.62. The summed E-state index contributed by atoms with van der Waals surface area (Å²) >= 11 is 0. The van der Waals surface area contributed by atoms with Gasteiger partial charge in [-0.3, -0.25) is 9.78 Å². The molecule has 27 heavy (non-hydrogen) atoms. The zero-order valence-electron chi connectivity index (χ0n) is 15.6. The molecule has 1 aromatic heterocycles. The molecule has 2 aromatic carbocycles. The van der Waals surface area contributed by atoms with Gasteiger partial charge >= 0.3 is 6.18 Å². The van der Waals surface area contributed by atoms with Gasteiger partial charge in [-0.2, -0.15) is 13.2 Å². The molecule has 0 radical (unpaired) electrons. The Morgan fingerprint density at radius 2 is 1.59 bits per heavy atom. The van der Waals surface area contributed by atoms with Crippen LogP contribution in [0.4, 0.5) is 13.2 Å². The predicted octanol–water partition coefficient (Wildman–Crippen LogP) is 6.25. The summed E-state index contributed by atoms with van der Waals surface area (Å²) in [5.41, 5.74) is 1.88. The van der Waals surface area contributed by atoms with Crippen LogP contribution in [0.1, 0.15) is 42.4 Å². The molecule has 0 fully saturated rings. The molecule has 0 amide bonds. The lowest BCUT2D eigenvalue weighted by molar-refractivity contribution is -0.0885. The van der Waals surface area contributed by atoms with Gasteiger partial charge < -0.3 is 0 Å². The molecular formula is C22H20F3NO. The molecule has 0 N–H and O–H groups in total. The van der Waals surface area contributed by atoms with Gasteiger partial charge in [0.15, 0.2) is 0 Å². The number of hydrogen-bond acceptors (Lipinski definition) is 2. The predicted molar refractivity (Wildman–Crippen MR) is 101 cm³/mol. The highest BCUT2D eigenvalue weighted by atomic mass is 19.4. The maximum absolute atomic E-state index is 13.3. The Balaban J connectivity index is 2.47. The molecule has 0 aliphatic carbocycles. The summed E-state index contributed by atoms with van der Waals surface area (Å²) in [7, 11) is 0. The molecule has 0 atom stereocenters. The Kier molecular flexibility index (Phi) is 4.58. The summed E-state index contributed by atoms with van der Waals surface area (Å²) in [6.07, 6.45) is -4.97. The van der Waals surface area contributed by atoms with Crippen LogP contribution in [-0.2, 0) is 5.41 Å². The number of aryl methyl sites for hydroxylation is 1. The number of Topliss-reactive ketones (excluding diaryl/α,β-unsaturated/α-hetero) is 1. The third-order valence-electron chi connectivity index (χ3n) is 4.58. The number of carbonyl (C=O) groups is 1.